The highest BCUT2D eigenvalue weighted by Crippen LogP contribution is 2.38. The van der Waals surface area contributed by atoms with Crippen LogP contribution in [0.2, 0.25) is 0 Å². The highest BCUT2D eigenvalue weighted by molar-refractivity contribution is 9.10. The molecule has 32 heavy (non-hydrogen) atoms. The first kappa shape index (κ1) is 22.7. The summed E-state index contributed by atoms with van der Waals surface area (Å²) in [7, 11) is 1.35. The molecule has 0 aliphatic rings. The van der Waals surface area contributed by atoms with Gasteiger partial charge in [0.25, 0.3) is 5.91 Å². The SMILES string of the molecule is COc1cc(/C=C(/C#N)C(=O)Nc2cc(C)on2)cc(Br)c1OC(=O)c1ccccc1F. The third-order valence-corrected chi connectivity index (χ3v) is 4.67. The summed E-state index contributed by atoms with van der Waals surface area (Å²) in [6.07, 6.45) is 1.32. The van der Waals surface area contributed by atoms with Crippen LogP contribution in [-0.2, 0) is 4.79 Å². The maximum absolute atomic E-state index is 13.9. The molecule has 0 atom stereocenters. The van der Waals surface area contributed by atoms with Gasteiger partial charge in [0.2, 0.25) is 0 Å². The Labute approximate surface area is 190 Å². The molecule has 0 radical (unpaired) electrons. The molecule has 162 valence electrons. The fourth-order valence-corrected chi connectivity index (χ4v) is 3.16. The number of amides is 1. The van der Waals surface area contributed by atoms with Gasteiger partial charge in [0.05, 0.1) is 17.1 Å². The van der Waals surface area contributed by atoms with Crippen molar-refractivity contribution < 1.29 is 28.0 Å². The largest absolute Gasteiger partial charge is 0.493 e. The number of aromatic nitrogens is 1. The Kier molecular flexibility index (Phi) is 7.02. The highest BCUT2D eigenvalue weighted by atomic mass is 79.9. The molecule has 0 aliphatic carbocycles. The monoisotopic (exact) mass is 499 g/mol. The minimum Gasteiger partial charge on any atom is -0.493 e. The van der Waals surface area contributed by atoms with E-state index in [9.17, 15) is 19.2 Å². The molecule has 0 bridgehead atoms. The third kappa shape index (κ3) is 5.19. The zero-order valence-corrected chi connectivity index (χ0v) is 18.4. The topological polar surface area (TPSA) is 114 Å². The van der Waals surface area contributed by atoms with Crippen LogP contribution in [-0.4, -0.2) is 24.1 Å². The van der Waals surface area contributed by atoms with E-state index in [4.69, 9.17) is 14.0 Å². The number of esters is 1. The first-order valence-electron chi connectivity index (χ1n) is 9.03. The Morgan fingerprint density at radius 2 is 2.03 bits per heavy atom. The van der Waals surface area contributed by atoms with Gasteiger partial charge in [-0.2, -0.15) is 5.26 Å². The first-order chi connectivity index (χ1) is 15.3. The van der Waals surface area contributed by atoms with Crippen LogP contribution in [0.5, 0.6) is 11.5 Å². The van der Waals surface area contributed by atoms with E-state index >= 15 is 0 Å². The first-order valence-corrected chi connectivity index (χ1v) is 9.82. The average molecular weight is 500 g/mol. The molecule has 2 aromatic carbocycles. The van der Waals surface area contributed by atoms with Crippen LogP contribution < -0.4 is 14.8 Å². The second kappa shape index (κ2) is 9.89. The molecule has 0 spiro atoms. The molecular formula is C22H15BrFN3O5. The van der Waals surface area contributed by atoms with E-state index in [1.807, 2.05) is 6.07 Å². The molecule has 0 saturated carbocycles. The van der Waals surface area contributed by atoms with Gasteiger partial charge in [-0.15, -0.1) is 0 Å². The Morgan fingerprint density at radius 1 is 1.28 bits per heavy atom. The molecule has 10 heteroatoms. The summed E-state index contributed by atoms with van der Waals surface area (Å²) < 4.78 is 29.6. The number of rotatable bonds is 6. The summed E-state index contributed by atoms with van der Waals surface area (Å²) in [5.41, 5.74) is -0.0462. The predicted molar refractivity (Wildman–Crippen MR) is 116 cm³/mol. The number of nitrogens with one attached hydrogen (secondary N) is 1. The number of hydrogen-bond acceptors (Lipinski definition) is 7. The number of ether oxygens (including phenoxy) is 2. The molecule has 1 N–H and O–H groups in total. The van der Waals surface area contributed by atoms with Crippen molar-refractivity contribution in [1.82, 2.24) is 5.16 Å². The molecule has 1 aromatic heterocycles. The van der Waals surface area contributed by atoms with Crippen molar-refractivity contribution in [2.24, 2.45) is 0 Å². The number of hydrogen-bond donors (Lipinski definition) is 1. The third-order valence-electron chi connectivity index (χ3n) is 4.09. The van der Waals surface area contributed by atoms with Crippen LogP contribution >= 0.6 is 15.9 Å². The van der Waals surface area contributed by atoms with E-state index in [0.29, 0.717) is 11.3 Å². The van der Waals surface area contributed by atoms with Gasteiger partial charge in [0.15, 0.2) is 17.3 Å². The number of nitriles is 1. The van der Waals surface area contributed by atoms with E-state index in [1.54, 1.807) is 6.92 Å². The summed E-state index contributed by atoms with van der Waals surface area (Å²) in [6.45, 7) is 1.66. The molecule has 0 saturated heterocycles. The Balaban J connectivity index is 1.88. The minimum atomic E-state index is -0.912. The smallest absolute Gasteiger partial charge is 0.346 e. The number of carbonyl (C=O) groups is 2. The lowest BCUT2D eigenvalue weighted by atomic mass is 10.1. The number of nitrogens with zero attached hydrogens (tertiary/aromatic N) is 2. The summed E-state index contributed by atoms with van der Waals surface area (Å²) >= 11 is 3.28. The van der Waals surface area contributed by atoms with Crippen LogP contribution in [0.25, 0.3) is 6.08 Å². The van der Waals surface area contributed by atoms with Crippen LogP contribution in [0.15, 0.2) is 57.0 Å². The fourth-order valence-electron chi connectivity index (χ4n) is 2.62. The van der Waals surface area contributed by atoms with Crippen molar-refractivity contribution in [3.05, 3.63) is 75.2 Å². The highest BCUT2D eigenvalue weighted by Gasteiger charge is 2.20. The molecule has 8 nitrogen and oxygen atoms in total. The maximum atomic E-state index is 13.9. The van der Waals surface area contributed by atoms with Gasteiger partial charge in [-0.25, -0.2) is 9.18 Å². The molecule has 3 rings (SSSR count). The number of benzene rings is 2. The van der Waals surface area contributed by atoms with Gasteiger partial charge >= 0.3 is 5.97 Å². The zero-order valence-electron chi connectivity index (χ0n) is 16.8. The Bertz CT molecular complexity index is 1260. The zero-order chi connectivity index (χ0) is 23.3. The van der Waals surface area contributed by atoms with Gasteiger partial charge in [0, 0.05) is 6.07 Å². The van der Waals surface area contributed by atoms with E-state index < -0.39 is 17.7 Å². The van der Waals surface area contributed by atoms with Crippen molar-refractivity contribution in [3.63, 3.8) is 0 Å². The van der Waals surface area contributed by atoms with Crippen molar-refractivity contribution >= 4 is 39.7 Å². The van der Waals surface area contributed by atoms with Gasteiger partial charge in [-0.05, 0) is 58.8 Å². The standard InChI is InChI=1S/C22H15BrFN3O5/c1-12-7-19(27-32-12)26-21(28)14(11-25)8-13-9-16(23)20(18(10-13)30-2)31-22(29)15-5-3-4-6-17(15)24/h3-10H,1-2H3,(H,26,27,28)/b14-8-. The van der Waals surface area contributed by atoms with Crippen LogP contribution in [0, 0.1) is 24.1 Å². The summed E-state index contributed by atoms with van der Waals surface area (Å²) in [4.78, 5) is 24.7. The van der Waals surface area contributed by atoms with E-state index in [1.165, 1.54) is 49.6 Å². The van der Waals surface area contributed by atoms with E-state index in [-0.39, 0.29) is 32.9 Å². The second-order valence-electron chi connectivity index (χ2n) is 6.35. The van der Waals surface area contributed by atoms with Gasteiger partial charge in [-0.1, -0.05) is 17.3 Å². The number of halogens is 2. The molecule has 3 aromatic rings. The van der Waals surface area contributed by atoms with Crippen molar-refractivity contribution in [1.29, 1.82) is 5.26 Å². The average Bonchev–Trinajstić information content (AvgIpc) is 3.18. The second-order valence-corrected chi connectivity index (χ2v) is 7.20. The van der Waals surface area contributed by atoms with Gasteiger partial charge in [0.1, 0.15) is 23.2 Å². The number of methoxy groups -OCH3 is 1. The van der Waals surface area contributed by atoms with Crippen molar-refractivity contribution in [2.75, 3.05) is 12.4 Å². The Morgan fingerprint density at radius 3 is 2.66 bits per heavy atom. The molecule has 0 fully saturated rings. The minimum absolute atomic E-state index is 0.0129. The van der Waals surface area contributed by atoms with Crippen molar-refractivity contribution in [3.8, 4) is 17.6 Å². The number of anilines is 1. The summed E-state index contributed by atoms with van der Waals surface area (Å²) in [5.74, 6) is -1.52. The lowest BCUT2D eigenvalue weighted by Gasteiger charge is -2.13. The number of aryl methyl sites for hydroxylation is 1. The molecule has 1 heterocycles. The van der Waals surface area contributed by atoms with Crippen LogP contribution in [0.3, 0.4) is 0 Å². The Hall–Kier alpha value is -3.97. The fraction of sp³-hybridized carbons (Fsp3) is 0.0909. The molecule has 0 aliphatic heterocycles. The lowest BCUT2D eigenvalue weighted by molar-refractivity contribution is -0.112. The maximum Gasteiger partial charge on any atom is 0.346 e. The normalized spacial score (nSPS) is 10.9. The van der Waals surface area contributed by atoms with Crippen LogP contribution in [0.1, 0.15) is 21.7 Å². The number of carbonyl (C=O) groups excluding carboxylic acids is 2. The summed E-state index contributed by atoms with van der Waals surface area (Å²) in [6, 6.07) is 11.7. The van der Waals surface area contributed by atoms with Crippen molar-refractivity contribution in [2.45, 2.75) is 6.92 Å². The lowest BCUT2D eigenvalue weighted by Crippen LogP contribution is -2.13. The molecular weight excluding hydrogens is 485 g/mol. The summed E-state index contributed by atoms with van der Waals surface area (Å²) in [5, 5.41) is 15.5. The molecule has 1 amide bonds. The quantitative estimate of drug-likeness (QED) is 0.227. The predicted octanol–water partition coefficient (Wildman–Crippen LogP) is 4.66. The molecule has 0 unspecified atom stereocenters. The van der Waals surface area contributed by atoms with Gasteiger partial charge in [-0.3, -0.25) is 4.79 Å². The van der Waals surface area contributed by atoms with E-state index in [2.05, 4.69) is 26.4 Å². The van der Waals surface area contributed by atoms with Gasteiger partial charge < -0.3 is 19.3 Å². The van der Waals surface area contributed by atoms with E-state index in [0.717, 1.165) is 6.07 Å². The van der Waals surface area contributed by atoms with Crippen LogP contribution in [0.4, 0.5) is 10.2 Å².